The molecule has 0 bridgehead atoms. The number of esters is 1. The fraction of sp³-hybridized carbons (Fsp3) is 0.0556. The van der Waals surface area contributed by atoms with E-state index in [1.165, 1.54) is 30.3 Å². The summed E-state index contributed by atoms with van der Waals surface area (Å²) in [5.74, 6) is -0.227. The van der Waals surface area contributed by atoms with Crippen LogP contribution in [0.25, 0.3) is 17.5 Å². The van der Waals surface area contributed by atoms with Crippen molar-refractivity contribution in [1.29, 1.82) is 0 Å². The van der Waals surface area contributed by atoms with Crippen LogP contribution >= 0.6 is 0 Å². The minimum atomic E-state index is -0.538. The molecule has 0 aliphatic carbocycles. The molecular weight excluding hydrogens is 338 g/mol. The minimum absolute atomic E-state index is 0.0346. The van der Waals surface area contributed by atoms with Gasteiger partial charge >= 0.3 is 5.97 Å². The second-order valence-corrected chi connectivity index (χ2v) is 5.16. The second-order valence-electron chi connectivity index (χ2n) is 5.16. The number of rotatable bonds is 6. The fourth-order valence-corrected chi connectivity index (χ4v) is 2.06. The van der Waals surface area contributed by atoms with Crippen LogP contribution in [0, 0.1) is 10.1 Å². The van der Waals surface area contributed by atoms with E-state index >= 15 is 0 Å². The lowest BCUT2D eigenvalue weighted by Gasteiger charge is -1.97. The second kappa shape index (κ2) is 7.84. The highest BCUT2D eigenvalue weighted by Gasteiger charge is 2.12. The van der Waals surface area contributed by atoms with E-state index in [1.54, 1.807) is 6.08 Å². The van der Waals surface area contributed by atoms with Crippen LogP contribution in [-0.4, -0.2) is 21.1 Å². The monoisotopic (exact) mass is 351 g/mol. The summed E-state index contributed by atoms with van der Waals surface area (Å²) in [5.41, 5.74) is 1.37. The van der Waals surface area contributed by atoms with Crippen molar-refractivity contribution in [1.82, 2.24) is 10.2 Å². The molecule has 0 aliphatic heterocycles. The number of non-ortho nitro benzene ring substituents is 1. The van der Waals surface area contributed by atoms with Crippen molar-refractivity contribution in [3.63, 3.8) is 0 Å². The smallest absolute Gasteiger partial charge is 0.331 e. The molecule has 1 aromatic heterocycles. The summed E-state index contributed by atoms with van der Waals surface area (Å²) in [6.45, 7) is -0.169. The van der Waals surface area contributed by atoms with Crippen molar-refractivity contribution in [3.05, 3.63) is 82.2 Å². The summed E-state index contributed by atoms with van der Waals surface area (Å²) >= 11 is 0. The Kier molecular flexibility index (Phi) is 5.14. The Balaban J connectivity index is 1.57. The molecule has 0 amide bonds. The third-order valence-corrected chi connectivity index (χ3v) is 3.34. The lowest BCUT2D eigenvalue weighted by Crippen LogP contribution is -2.00. The molecule has 0 unspecified atom stereocenters. The number of benzene rings is 2. The van der Waals surface area contributed by atoms with Crippen LogP contribution in [0.5, 0.6) is 0 Å². The standard InChI is InChI=1S/C18H13N3O5/c22-17(11-6-13-4-2-1-3-5-13)25-12-16-19-20-18(26-16)14-7-9-15(10-8-14)21(23)24/h1-11H,12H2/b11-6+. The quantitative estimate of drug-likeness (QED) is 0.290. The Bertz CT molecular complexity index is 933. The van der Waals surface area contributed by atoms with Gasteiger partial charge in [0.25, 0.3) is 11.6 Å². The first kappa shape index (κ1) is 17.0. The Hall–Kier alpha value is -3.81. The topological polar surface area (TPSA) is 108 Å². The molecule has 0 atom stereocenters. The van der Waals surface area contributed by atoms with E-state index in [2.05, 4.69) is 10.2 Å². The summed E-state index contributed by atoms with van der Waals surface area (Å²) in [7, 11) is 0. The average Bonchev–Trinajstić information content (AvgIpc) is 3.14. The fourth-order valence-electron chi connectivity index (χ4n) is 2.06. The summed E-state index contributed by atoms with van der Waals surface area (Å²) in [6.07, 6.45) is 2.95. The molecular formula is C18H13N3O5. The number of hydrogen-bond acceptors (Lipinski definition) is 7. The predicted molar refractivity (Wildman–Crippen MR) is 91.7 cm³/mol. The highest BCUT2D eigenvalue weighted by atomic mass is 16.6. The molecule has 26 heavy (non-hydrogen) atoms. The predicted octanol–water partition coefficient (Wildman–Crippen LogP) is 3.40. The minimum Gasteiger partial charge on any atom is -0.452 e. The number of ether oxygens (including phenoxy) is 1. The number of nitro benzene ring substituents is 1. The number of aromatic nitrogens is 2. The lowest BCUT2D eigenvalue weighted by atomic mass is 10.2. The third kappa shape index (κ3) is 4.38. The zero-order chi connectivity index (χ0) is 18.4. The normalized spacial score (nSPS) is 10.8. The van der Waals surface area contributed by atoms with E-state index in [4.69, 9.17) is 9.15 Å². The average molecular weight is 351 g/mol. The highest BCUT2D eigenvalue weighted by molar-refractivity contribution is 5.86. The summed E-state index contributed by atoms with van der Waals surface area (Å²) in [6, 6.07) is 15.0. The third-order valence-electron chi connectivity index (χ3n) is 3.34. The summed E-state index contributed by atoms with van der Waals surface area (Å²) in [5, 5.41) is 18.3. The zero-order valence-corrected chi connectivity index (χ0v) is 13.4. The maximum absolute atomic E-state index is 11.7. The molecule has 0 radical (unpaired) electrons. The Morgan fingerprint density at radius 2 is 1.85 bits per heavy atom. The van der Waals surface area contributed by atoms with Crippen molar-refractivity contribution < 1.29 is 18.9 Å². The van der Waals surface area contributed by atoms with Gasteiger partial charge in [-0.3, -0.25) is 10.1 Å². The van der Waals surface area contributed by atoms with Crippen LogP contribution in [0.4, 0.5) is 5.69 Å². The SMILES string of the molecule is O=C(/C=C/c1ccccc1)OCc1nnc(-c2ccc([N+](=O)[O-])cc2)o1. The van der Waals surface area contributed by atoms with E-state index in [-0.39, 0.29) is 24.1 Å². The van der Waals surface area contributed by atoms with Crippen LogP contribution in [0.2, 0.25) is 0 Å². The Morgan fingerprint density at radius 3 is 2.54 bits per heavy atom. The maximum atomic E-state index is 11.7. The highest BCUT2D eigenvalue weighted by Crippen LogP contribution is 2.21. The van der Waals surface area contributed by atoms with Gasteiger partial charge in [-0.1, -0.05) is 30.3 Å². The summed E-state index contributed by atoms with van der Waals surface area (Å²) in [4.78, 5) is 21.9. The number of nitrogens with zero attached hydrogens (tertiary/aromatic N) is 3. The molecule has 3 aromatic rings. The van der Waals surface area contributed by atoms with Crippen molar-refractivity contribution in [3.8, 4) is 11.5 Å². The van der Waals surface area contributed by atoms with Crippen molar-refractivity contribution in [2.45, 2.75) is 6.61 Å². The molecule has 0 spiro atoms. The van der Waals surface area contributed by atoms with E-state index < -0.39 is 10.9 Å². The van der Waals surface area contributed by atoms with Crippen LogP contribution in [0.15, 0.2) is 65.1 Å². The molecule has 1 heterocycles. The molecule has 0 fully saturated rings. The van der Waals surface area contributed by atoms with Crippen molar-refractivity contribution >= 4 is 17.7 Å². The van der Waals surface area contributed by atoms with Crippen LogP contribution < -0.4 is 0 Å². The van der Waals surface area contributed by atoms with E-state index in [0.29, 0.717) is 5.56 Å². The molecule has 0 saturated carbocycles. The molecule has 8 heteroatoms. The van der Waals surface area contributed by atoms with Gasteiger partial charge < -0.3 is 9.15 Å². The Labute approximate surface area is 147 Å². The number of hydrogen-bond donors (Lipinski definition) is 0. The molecule has 0 saturated heterocycles. The van der Waals surface area contributed by atoms with Crippen LogP contribution in [-0.2, 0) is 16.1 Å². The van der Waals surface area contributed by atoms with Gasteiger partial charge in [0.2, 0.25) is 5.89 Å². The number of nitro groups is 1. The van der Waals surface area contributed by atoms with Gasteiger partial charge in [0.1, 0.15) is 0 Å². The van der Waals surface area contributed by atoms with E-state index in [0.717, 1.165) is 5.56 Å². The first-order chi connectivity index (χ1) is 12.6. The van der Waals surface area contributed by atoms with Gasteiger partial charge in [-0.05, 0) is 23.8 Å². The first-order valence-corrected chi connectivity index (χ1v) is 7.59. The van der Waals surface area contributed by atoms with E-state index in [9.17, 15) is 14.9 Å². The van der Waals surface area contributed by atoms with E-state index in [1.807, 2.05) is 30.3 Å². The molecule has 130 valence electrons. The van der Waals surface area contributed by atoms with Crippen LogP contribution in [0.3, 0.4) is 0 Å². The van der Waals surface area contributed by atoms with Gasteiger partial charge in [0.15, 0.2) is 6.61 Å². The van der Waals surface area contributed by atoms with Crippen molar-refractivity contribution in [2.75, 3.05) is 0 Å². The van der Waals surface area contributed by atoms with Gasteiger partial charge in [0.05, 0.1) is 4.92 Å². The van der Waals surface area contributed by atoms with Gasteiger partial charge in [-0.25, -0.2) is 4.79 Å². The molecule has 0 aliphatic rings. The number of carbonyl (C=O) groups excluding carboxylic acids is 1. The molecule has 0 N–H and O–H groups in total. The zero-order valence-electron chi connectivity index (χ0n) is 13.4. The number of carbonyl (C=O) groups is 1. The Morgan fingerprint density at radius 1 is 1.12 bits per heavy atom. The molecule has 3 rings (SSSR count). The molecule has 8 nitrogen and oxygen atoms in total. The van der Waals surface area contributed by atoms with Gasteiger partial charge in [0, 0.05) is 23.8 Å². The molecule has 2 aromatic carbocycles. The van der Waals surface area contributed by atoms with Crippen LogP contribution in [0.1, 0.15) is 11.5 Å². The van der Waals surface area contributed by atoms with Gasteiger partial charge in [-0.2, -0.15) is 0 Å². The van der Waals surface area contributed by atoms with Gasteiger partial charge in [-0.15, -0.1) is 10.2 Å². The maximum Gasteiger partial charge on any atom is 0.331 e. The van der Waals surface area contributed by atoms with Crippen molar-refractivity contribution in [2.24, 2.45) is 0 Å². The largest absolute Gasteiger partial charge is 0.452 e. The lowest BCUT2D eigenvalue weighted by molar-refractivity contribution is -0.384. The first-order valence-electron chi connectivity index (χ1n) is 7.59. The summed E-state index contributed by atoms with van der Waals surface area (Å²) < 4.78 is 10.4.